The molecule has 96 valence electrons. The number of hydrogen-bond donors (Lipinski definition) is 1. The zero-order chi connectivity index (χ0) is 13.4. The van der Waals surface area contributed by atoms with Crippen molar-refractivity contribution in [2.45, 2.75) is 13.3 Å². The third-order valence-electron chi connectivity index (χ3n) is 2.92. The first-order chi connectivity index (χ1) is 9.17. The summed E-state index contributed by atoms with van der Waals surface area (Å²) in [6.45, 7) is 2.09. The van der Waals surface area contributed by atoms with Gasteiger partial charge in [0.05, 0.1) is 5.39 Å². The Labute approximate surface area is 113 Å². The fourth-order valence-corrected chi connectivity index (χ4v) is 2.87. The summed E-state index contributed by atoms with van der Waals surface area (Å²) in [6, 6.07) is 8.13. The lowest BCUT2D eigenvalue weighted by molar-refractivity contribution is 0.628. The van der Waals surface area contributed by atoms with E-state index in [1.54, 1.807) is 23.5 Å². The normalized spacial score (nSPS) is 11.1. The molecule has 0 amide bonds. The van der Waals surface area contributed by atoms with Gasteiger partial charge >= 0.3 is 0 Å². The van der Waals surface area contributed by atoms with Crippen molar-refractivity contribution < 1.29 is 4.39 Å². The van der Waals surface area contributed by atoms with Crippen molar-refractivity contribution in [3.8, 4) is 11.4 Å². The third kappa shape index (κ3) is 2.17. The standard InChI is InChI=1S/C14H12FN3S/c1-2-10-7-11-12(16)17-13(18-14(11)19-10)8-3-5-9(15)6-4-8/h3-7H,2H2,1H3,(H2,16,17,18). The molecular weight excluding hydrogens is 261 g/mol. The van der Waals surface area contributed by atoms with Crippen LogP contribution in [0.5, 0.6) is 0 Å². The van der Waals surface area contributed by atoms with Crippen molar-refractivity contribution in [1.29, 1.82) is 0 Å². The van der Waals surface area contributed by atoms with Gasteiger partial charge in [-0.05, 0) is 36.8 Å². The smallest absolute Gasteiger partial charge is 0.163 e. The van der Waals surface area contributed by atoms with Crippen molar-refractivity contribution in [3.05, 3.63) is 41.0 Å². The number of anilines is 1. The highest BCUT2D eigenvalue weighted by Crippen LogP contribution is 2.30. The van der Waals surface area contributed by atoms with Crippen LogP contribution in [0.15, 0.2) is 30.3 Å². The van der Waals surface area contributed by atoms with Gasteiger partial charge in [0, 0.05) is 10.4 Å². The molecule has 0 bridgehead atoms. The fraction of sp³-hybridized carbons (Fsp3) is 0.143. The molecule has 0 saturated carbocycles. The zero-order valence-electron chi connectivity index (χ0n) is 10.4. The fourth-order valence-electron chi connectivity index (χ4n) is 1.90. The van der Waals surface area contributed by atoms with Crippen LogP contribution in [0, 0.1) is 5.82 Å². The third-order valence-corrected chi connectivity index (χ3v) is 4.10. The molecule has 0 aliphatic heterocycles. The number of aryl methyl sites for hydroxylation is 1. The van der Waals surface area contributed by atoms with Crippen LogP contribution in [-0.2, 0) is 6.42 Å². The number of fused-ring (bicyclic) bond motifs is 1. The number of benzene rings is 1. The Kier molecular flexibility index (Phi) is 2.91. The van der Waals surface area contributed by atoms with Gasteiger partial charge in [0.25, 0.3) is 0 Å². The van der Waals surface area contributed by atoms with Crippen molar-refractivity contribution in [1.82, 2.24) is 9.97 Å². The maximum atomic E-state index is 12.9. The summed E-state index contributed by atoms with van der Waals surface area (Å²) in [5.74, 6) is 0.733. The van der Waals surface area contributed by atoms with E-state index >= 15 is 0 Å². The molecule has 3 nitrogen and oxygen atoms in total. The highest BCUT2D eigenvalue weighted by atomic mass is 32.1. The molecule has 5 heteroatoms. The number of rotatable bonds is 2. The van der Waals surface area contributed by atoms with Crippen LogP contribution in [0.2, 0.25) is 0 Å². The number of halogens is 1. The molecule has 2 aromatic heterocycles. The summed E-state index contributed by atoms with van der Waals surface area (Å²) in [7, 11) is 0. The van der Waals surface area contributed by atoms with Gasteiger partial charge in [0.1, 0.15) is 16.5 Å². The van der Waals surface area contributed by atoms with Crippen LogP contribution < -0.4 is 5.73 Å². The van der Waals surface area contributed by atoms with Crippen LogP contribution in [-0.4, -0.2) is 9.97 Å². The molecular formula is C14H12FN3S. The number of nitrogens with zero attached hydrogens (tertiary/aromatic N) is 2. The lowest BCUT2D eigenvalue weighted by Gasteiger charge is -2.02. The minimum atomic E-state index is -0.276. The van der Waals surface area contributed by atoms with Gasteiger partial charge in [-0.2, -0.15) is 0 Å². The molecule has 2 heterocycles. The van der Waals surface area contributed by atoms with E-state index in [9.17, 15) is 4.39 Å². The van der Waals surface area contributed by atoms with E-state index in [0.29, 0.717) is 11.6 Å². The summed E-state index contributed by atoms with van der Waals surface area (Å²) in [4.78, 5) is 10.9. The van der Waals surface area contributed by atoms with Crippen molar-refractivity contribution in [2.24, 2.45) is 0 Å². The summed E-state index contributed by atoms with van der Waals surface area (Å²) in [5, 5.41) is 0.896. The van der Waals surface area contributed by atoms with Gasteiger partial charge in [-0.25, -0.2) is 14.4 Å². The number of nitrogens with two attached hydrogens (primary N) is 1. The molecule has 0 radical (unpaired) electrons. The van der Waals surface area contributed by atoms with E-state index in [0.717, 1.165) is 22.2 Å². The minimum absolute atomic E-state index is 0.276. The Morgan fingerprint density at radius 2 is 1.95 bits per heavy atom. The quantitative estimate of drug-likeness (QED) is 0.775. The van der Waals surface area contributed by atoms with Gasteiger partial charge in [-0.3, -0.25) is 0 Å². The molecule has 3 aromatic rings. The summed E-state index contributed by atoms with van der Waals surface area (Å²) >= 11 is 1.62. The summed E-state index contributed by atoms with van der Waals surface area (Å²) in [6.07, 6.45) is 0.951. The molecule has 0 saturated heterocycles. The minimum Gasteiger partial charge on any atom is -0.383 e. The van der Waals surface area contributed by atoms with Crippen LogP contribution in [0.1, 0.15) is 11.8 Å². The maximum absolute atomic E-state index is 12.9. The van der Waals surface area contributed by atoms with E-state index in [4.69, 9.17) is 5.73 Å². The molecule has 0 spiro atoms. The number of thiophene rings is 1. The Hall–Kier alpha value is -2.01. The van der Waals surface area contributed by atoms with Crippen LogP contribution in [0.3, 0.4) is 0 Å². The molecule has 0 aliphatic carbocycles. The van der Waals surface area contributed by atoms with Gasteiger partial charge in [0.2, 0.25) is 0 Å². The molecule has 3 rings (SSSR count). The van der Waals surface area contributed by atoms with Crippen LogP contribution in [0.25, 0.3) is 21.6 Å². The summed E-state index contributed by atoms with van der Waals surface area (Å²) in [5.41, 5.74) is 6.74. The molecule has 0 unspecified atom stereocenters. The first-order valence-electron chi connectivity index (χ1n) is 5.99. The second kappa shape index (κ2) is 4.59. The topological polar surface area (TPSA) is 51.8 Å². The first-order valence-corrected chi connectivity index (χ1v) is 6.81. The highest BCUT2D eigenvalue weighted by molar-refractivity contribution is 7.18. The van der Waals surface area contributed by atoms with Crippen LogP contribution in [0.4, 0.5) is 10.2 Å². The van der Waals surface area contributed by atoms with Gasteiger partial charge in [0.15, 0.2) is 5.82 Å². The molecule has 0 atom stereocenters. The van der Waals surface area contributed by atoms with E-state index in [-0.39, 0.29) is 5.82 Å². The second-order valence-corrected chi connectivity index (χ2v) is 5.34. The highest BCUT2D eigenvalue weighted by Gasteiger charge is 2.10. The van der Waals surface area contributed by atoms with Crippen molar-refractivity contribution >= 4 is 27.4 Å². The first kappa shape index (κ1) is 12.0. The molecule has 1 aromatic carbocycles. The SMILES string of the molecule is CCc1cc2c(N)nc(-c3ccc(F)cc3)nc2s1. The number of aromatic nitrogens is 2. The average Bonchev–Trinajstić information content (AvgIpc) is 2.83. The van der Waals surface area contributed by atoms with Crippen molar-refractivity contribution in [2.75, 3.05) is 5.73 Å². The number of hydrogen-bond acceptors (Lipinski definition) is 4. The largest absolute Gasteiger partial charge is 0.383 e. The van der Waals surface area contributed by atoms with Crippen LogP contribution >= 0.6 is 11.3 Å². The molecule has 0 aliphatic rings. The average molecular weight is 273 g/mol. The Bertz CT molecular complexity index is 734. The van der Waals surface area contributed by atoms with E-state index in [2.05, 4.69) is 16.9 Å². The maximum Gasteiger partial charge on any atom is 0.163 e. The number of nitrogen functional groups attached to an aromatic ring is 1. The predicted octanol–water partition coefficient (Wildman–Crippen LogP) is 3.64. The van der Waals surface area contributed by atoms with Crippen molar-refractivity contribution in [3.63, 3.8) is 0 Å². The predicted molar refractivity (Wildman–Crippen MR) is 76.6 cm³/mol. The second-order valence-electron chi connectivity index (χ2n) is 4.22. The summed E-state index contributed by atoms with van der Waals surface area (Å²) < 4.78 is 12.9. The molecule has 0 fully saturated rings. The molecule has 19 heavy (non-hydrogen) atoms. The van der Waals surface area contributed by atoms with E-state index < -0.39 is 0 Å². The van der Waals surface area contributed by atoms with E-state index in [1.807, 2.05) is 6.07 Å². The Morgan fingerprint density at radius 3 is 2.63 bits per heavy atom. The van der Waals surface area contributed by atoms with Gasteiger partial charge in [-0.15, -0.1) is 11.3 Å². The molecule has 2 N–H and O–H groups in total. The monoisotopic (exact) mass is 273 g/mol. The Morgan fingerprint density at radius 1 is 1.21 bits per heavy atom. The van der Waals surface area contributed by atoms with E-state index in [1.165, 1.54) is 17.0 Å². The van der Waals surface area contributed by atoms with Gasteiger partial charge < -0.3 is 5.73 Å². The van der Waals surface area contributed by atoms with Gasteiger partial charge in [-0.1, -0.05) is 6.92 Å². The lowest BCUT2D eigenvalue weighted by Crippen LogP contribution is -1.96. The zero-order valence-corrected chi connectivity index (χ0v) is 11.2. The lowest BCUT2D eigenvalue weighted by atomic mass is 10.2. The Balaban J connectivity index is 2.17.